The average molecular weight is 398 g/mol. The number of likely N-dealkylation sites (N-methyl/N-ethyl adjacent to an activating group) is 1. The molecule has 0 saturated carbocycles. The number of furan rings is 1. The van der Waals surface area contributed by atoms with Crippen molar-refractivity contribution in [1.29, 1.82) is 0 Å². The highest BCUT2D eigenvalue weighted by Crippen LogP contribution is 2.31. The molecule has 1 atom stereocenters. The Hall–Kier alpha value is -3.19. The summed E-state index contributed by atoms with van der Waals surface area (Å²) in [6.07, 6.45) is 0. The molecule has 0 aliphatic rings. The molecule has 0 bridgehead atoms. The van der Waals surface area contributed by atoms with Crippen LogP contribution in [0.3, 0.4) is 0 Å². The number of rotatable bonds is 8. The van der Waals surface area contributed by atoms with Crippen molar-refractivity contribution in [1.82, 2.24) is 4.90 Å². The number of para-hydroxylation sites is 1. The molecule has 7 heteroatoms. The molecule has 1 aromatic heterocycles. The van der Waals surface area contributed by atoms with E-state index in [4.69, 9.17) is 9.15 Å². The van der Waals surface area contributed by atoms with Gasteiger partial charge in [0.1, 0.15) is 23.8 Å². The zero-order valence-corrected chi connectivity index (χ0v) is 16.6. The minimum absolute atomic E-state index is 0.129. The van der Waals surface area contributed by atoms with E-state index >= 15 is 0 Å². The number of carbonyl (C=O) groups excluding carboxylic acids is 2. The van der Waals surface area contributed by atoms with Crippen molar-refractivity contribution < 1.29 is 23.1 Å². The number of Topliss-reactive ketones (excluding diaryl/α,β-unsaturated/α-hetero) is 1. The van der Waals surface area contributed by atoms with Crippen molar-refractivity contribution in [2.45, 2.75) is 19.9 Å². The van der Waals surface area contributed by atoms with Crippen molar-refractivity contribution in [3.63, 3.8) is 0 Å². The number of carbonyl (C=O) groups is 2. The molecule has 0 saturated heterocycles. The third kappa shape index (κ3) is 4.81. The van der Waals surface area contributed by atoms with Crippen LogP contribution >= 0.6 is 0 Å². The predicted molar refractivity (Wildman–Crippen MR) is 109 cm³/mol. The van der Waals surface area contributed by atoms with Gasteiger partial charge in [0.15, 0.2) is 11.5 Å². The van der Waals surface area contributed by atoms with Gasteiger partial charge in [-0.15, -0.1) is 0 Å². The molecule has 0 fully saturated rings. The highest BCUT2D eigenvalue weighted by atomic mass is 19.1. The number of amides is 1. The summed E-state index contributed by atoms with van der Waals surface area (Å²) in [5.41, 5.74) is 0.923. The minimum atomic E-state index is -0.487. The Morgan fingerprint density at radius 3 is 2.69 bits per heavy atom. The van der Waals surface area contributed by atoms with Crippen molar-refractivity contribution in [2.24, 2.45) is 0 Å². The second-order valence-electron chi connectivity index (χ2n) is 6.81. The van der Waals surface area contributed by atoms with Crippen molar-refractivity contribution in [3.8, 4) is 5.75 Å². The molecule has 0 radical (unpaired) electrons. The molecule has 3 rings (SSSR count). The highest BCUT2D eigenvalue weighted by molar-refractivity contribution is 6.11. The van der Waals surface area contributed by atoms with Crippen LogP contribution in [0.1, 0.15) is 24.4 Å². The van der Waals surface area contributed by atoms with E-state index in [0.29, 0.717) is 35.6 Å². The number of hydrogen-bond acceptors (Lipinski definition) is 5. The summed E-state index contributed by atoms with van der Waals surface area (Å²) in [6, 6.07) is 12.6. The van der Waals surface area contributed by atoms with Crippen LogP contribution in [0.4, 0.5) is 10.1 Å². The van der Waals surface area contributed by atoms with E-state index < -0.39 is 6.04 Å². The Morgan fingerprint density at radius 1 is 1.21 bits per heavy atom. The Balaban J connectivity index is 1.63. The molecule has 0 aliphatic heterocycles. The molecule has 1 heterocycles. The molecule has 152 valence electrons. The van der Waals surface area contributed by atoms with Gasteiger partial charge in [-0.05, 0) is 38.2 Å². The second kappa shape index (κ2) is 8.87. The van der Waals surface area contributed by atoms with Gasteiger partial charge in [-0.3, -0.25) is 14.5 Å². The lowest BCUT2D eigenvalue weighted by Gasteiger charge is -2.23. The van der Waals surface area contributed by atoms with Crippen LogP contribution < -0.4 is 10.1 Å². The van der Waals surface area contributed by atoms with Gasteiger partial charge in [0, 0.05) is 24.9 Å². The number of fused-ring (bicyclic) bond motifs is 1. The number of nitrogens with one attached hydrogen (secondary N) is 1. The molecule has 1 N–H and O–H groups in total. The first-order chi connectivity index (χ1) is 13.9. The van der Waals surface area contributed by atoms with Crippen LogP contribution in [0.2, 0.25) is 0 Å². The van der Waals surface area contributed by atoms with Gasteiger partial charge in [0.2, 0.25) is 5.91 Å². The summed E-state index contributed by atoms with van der Waals surface area (Å²) in [4.78, 5) is 26.5. The fraction of sp³-hybridized carbons (Fsp3) is 0.273. The molecule has 6 nitrogen and oxygen atoms in total. The molecule has 29 heavy (non-hydrogen) atoms. The maximum atomic E-state index is 13.2. The van der Waals surface area contributed by atoms with Gasteiger partial charge in [0.25, 0.3) is 0 Å². The predicted octanol–water partition coefficient (Wildman–Crippen LogP) is 4.11. The fourth-order valence-corrected chi connectivity index (χ4v) is 2.90. The van der Waals surface area contributed by atoms with Gasteiger partial charge in [-0.1, -0.05) is 18.2 Å². The average Bonchev–Trinajstić information content (AvgIpc) is 3.06. The number of ketones is 1. The maximum Gasteiger partial charge on any atom is 0.241 e. The zero-order valence-electron chi connectivity index (χ0n) is 16.6. The number of benzene rings is 2. The normalized spacial score (nSPS) is 12.2. The van der Waals surface area contributed by atoms with E-state index in [2.05, 4.69) is 5.32 Å². The highest BCUT2D eigenvalue weighted by Gasteiger charge is 2.23. The number of nitrogens with zero attached hydrogens (tertiary/aromatic N) is 1. The molecule has 1 unspecified atom stereocenters. The Morgan fingerprint density at radius 2 is 1.97 bits per heavy atom. The quantitative estimate of drug-likeness (QED) is 0.578. The van der Waals surface area contributed by atoms with Gasteiger partial charge < -0.3 is 14.5 Å². The van der Waals surface area contributed by atoms with Crippen LogP contribution in [0.15, 0.2) is 52.9 Å². The zero-order chi connectivity index (χ0) is 21.0. The van der Waals surface area contributed by atoms with Crippen LogP contribution in [0, 0.1) is 5.82 Å². The maximum absolute atomic E-state index is 13.2. The fourth-order valence-electron chi connectivity index (χ4n) is 2.90. The van der Waals surface area contributed by atoms with Crippen molar-refractivity contribution >= 4 is 28.3 Å². The monoisotopic (exact) mass is 398 g/mol. The van der Waals surface area contributed by atoms with Gasteiger partial charge in [-0.25, -0.2) is 4.39 Å². The molecule has 2 aromatic carbocycles. The first-order valence-electron chi connectivity index (χ1n) is 9.28. The summed E-state index contributed by atoms with van der Waals surface area (Å²) in [7, 11) is 1.79. The molecular formula is C22H23FN2O4. The van der Waals surface area contributed by atoms with Gasteiger partial charge in [0.05, 0.1) is 11.7 Å². The van der Waals surface area contributed by atoms with E-state index in [1.807, 2.05) is 11.0 Å². The third-order valence-corrected chi connectivity index (χ3v) is 4.71. The Labute approximate surface area is 168 Å². The summed E-state index contributed by atoms with van der Waals surface area (Å²) in [5.74, 6) is -0.333. The van der Waals surface area contributed by atoms with E-state index in [-0.39, 0.29) is 23.3 Å². The van der Waals surface area contributed by atoms with Crippen LogP contribution in [0.5, 0.6) is 5.75 Å². The summed E-state index contributed by atoms with van der Waals surface area (Å²) >= 11 is 0. The standard InChI is InChI=1S/C22H23FN2O4/c1-14(25(3)11-12-28-17-8-6-7-16(23)13-17)22(27)24-20-18-9-4-5-10-19(18)29-21(20)15(2)26/h4-10,13-14H,11-12H2,1-3H3,(H,24,27). The van der Waals surface area contributed by atoms with E-state index in [1.54, 1.807) is 44.3 Å². The SMILES string of the molecule is CC(=O)c1oc2ccccc2c1NC(=O)C(C)N(C)CCOc1cccc(F)c1. The Bertz CT molecular complexity index is 1030. The van der Waals surface area contributed by atoms with E-state index in [0.717, 1.165) is 0 Å². The molecule has 0 spiro atoms. The first kappa shape index (κ1) is 20.5. The second-order valence-corrected chi connectivity index (χ2v) is 6.81. The first-order valence-corrected chi connectivity index (χ1v) is 9.28. The number of hydrogen-bond donors (Lipinski definition) is 1. The smallest absolute Gasteiger partial charge is 0.241 e. The molecule has 3 aromatic rings. The molecule has 1 amide bonds. The molecular weight excluding hydrogens is 375 g/mol. The largest absolute Gasteiger partial charge is 0.492 e. The van der Waals surface area contributed by atoms with Crippen molar-refractivity contribution in [3.05, 3.63) is 60.1 Å². The summed E-state index contributed by atoms with van der Waals surface area (Å²) in [5, 5.41) is 3.50. The van der Waals surface area contributed by atoms with Crippen LogP contribution in [-0.2, 0) is 4.79 Å². The van der Waals surface area contributed by atoms with Crippen LogP contribution in [0.25, 0.3) is 11.0 Å². The van der Waals surface area contributed by atoms with E-state index in [9.17, 15) is 14.0 Å². The summed E-state index contributed by atoms with van der Waals surface area (Å²) in [6.45, 7) is 3.90. The third-order valence-electron chi connectivity index (χ3n) is 4.71. The van der Waals surface area contributed by atoms with Gasteiger partial charge in [-0.2, -0.15) is 0 Å². The lowest BCUT2D eigenvalue weighted by atomic mass is 10.2. The lowest BCUT2D eigenvalue weighted by molar-refractivity contribution is -0.120. The van der Waals surface area contributed by atoms with Gasteiger partial charge >= 0.3 is 0 Å². The minimum Gasteiger partial charge on any atom is -0.492 e. The Kier molecular flexibility index (Phi) is 6.29. The number of halogens is 1. The van der Waals surface area contributed by atoms with Crippen LogP contribution in [-0.4, -0.2) is 42.8 Å². The molecule has 0 aliphatic carbocycles. The van der Waals surface area contributed by atoms with E-state index in [1.165, 1.54) is 19.1 Å². The lowest BCUT2D eigenvalue weighted by Crippen LogP contribution is -2.41. The topological polar surface area (TPSA) is 71.8 Å². The summed E-state index contributed by atoms with van der Waals surface area (Å²) < 4.78 is 24.3. The van der Waals surface area contributed by atoms with Crippen molar-refractivity contribution in [2.75, 3.05) is 25.5 Å². The number of anilines is 1. The number of ether oxygens (including phenoxy) is 1.